The number of anilines is 8. The number of rotatable bonds is 20. The fraction of sp³-hybridized carbons (Fsp3) is 0.529. The second-order valence-corrected chi connectivity index (χ2v) is 35.5. The van der Waals surface area contributed by atoms with Crippen molar-refractivity contribution in [1.29, 1.82) is 0 Å². The molecule has 2 aromatic carbocycles. The van der Waals surface area contributed by atoms with Gasteiger partial charge in [0.1, 0.15) is 45.1 Å². The number of benzene rings is 2. The molecule has 8 aromatic rings. The highest BCUT2D eigenvalue weighted by Gasteiger charge is 2.49. The lowest BCUT2D eigenvalue weighted by molar-refractivity contribution is -0.00205. The summed E-state index contributed by atoms with van der Waals surface area (Å²) in [7, 11) is 1.79. The third kappa shape index (κ3) is 17.3. The second-order valence-electron chi connectivity index (χ2n) is 35.5. The van der Waals surface area contributed by atoms with Crippen LogP contribution in [0.1, 0.15) is 154 Å². The van der Waals surface area contributed by atoms with E-state index in [1.165, 1.54) is 0 Å². The molecule has 652 valence electrons. The van der Waals surface area contributed by atoms with Crippen molar-refractivity contribution < 1.29 is 71.2 Å². The molecular weight excluding hydrogens is 1590 g/mol. The highest BCUT2D eigenvalue weighted by molar-refractivity contribution is 6.06. The summed E-state index contributed by atoms with van der Waals surface area (Å²) in [5.74, 6) is 2.25. The first-order valence-corrected chi connectivity index (χ1v) is 43.4. The van der Waals surface area contributed by atoms with E-state index >= 15 is 9.59 Å². The van der Waals surface area contributed by atoms with E-state index < -0.39 is 34.9 Å². The van der Waals surface area contributed by atoms with E-state index in [0.29, 0.717) is 192 Å². The molecule has 6 bridgehead atoms. The summed E-state index contributed by atoms with van der Waals surface area (Å²) in [6.07, 6.45) is 10.7. The number of hydrogen-bond donors (Lipinski definition) is 6. The normalized spacial score (nSPS) is 24.8. The summed E-state index contributed by atoms with van der Waals surface area (Å²) in [5, 5.41) is 26.0. The molecule has 0 aliphatic carbocycles. The number of aromatic nitrogens is 10. The number of nitrogens with one attached hydrogen (secondary N) is 6. The Hall–Kier alpha value is -11.9. The van der Waals surface area contributed by atoms with E-state index in [2.05, 4.69) is 56.7 Å². The minimum absolute atomic E-state index is 0.00240. The van der Waals surface area contributed by atoms with Crippen LogP contribution >= 0.6 is 0 Å². The first kappa shape index (κ1) is 81.7. The zero-order valence-corrected chi connectivity index (χ0v) is 70.7. The fourth-order valence-corrected chi connectivity index (χ4v) is 19.2. The molecule has 17 heterocycles. The summed E-state index contributed by atoms with van der Waals surface area (Å²) in [5.41, 5.74) is 2.27. The van der Waals surface area contributed by atoms with Gasteiger partial charge in [-0.3, -0.25) is 35.0 Å². The van der Waals surface area contributed by atoms with Crippen molar-refractivity contribution in [2.24, 2.45) is 7.05 Å². The van der Waals surface area contributed by atoms with Crippen LogP contribution in [0.25, 0.3) is 33.8 Å². The van der Waals surface area contributed by atoms with Crippen LogP contribution < -0.4 is 60.8 Å². The van der Waals surface area contributed by atoms with Crippen LogP contribution in [0.15, 0.2) is 83.5 Å². The smallest absolute Gasteiger partial charge is 0.324 e. The van der Waals surface area contributed by atoms with E-state index in [-0.39, 0.29) is 144 Å². The van der Waals surface area contributed by atoms with Crippen LogP contribution in [0.2, 0.25) is 0 Å². The summed E-state index contributed by atoms with van der Waals surface area (Å²) in [6, 6.07) is 19.1. The minimum atomic E-state index is -1.12. The van der Waals surface area contributed by atoms with Crippen LogP contribution in [0, 0.1) is 6.92 Å². The lowest BCUT2D eigenvalue weighted by atomic mass is 9.96. The van der Waals surface area contributed by atoms with Gasteiger partial charge in [-0.25, -0.2) is 34.3 Å². The molecule has 0 radical (unpaired) electrons. The van der Waals surface area contributed by atoms with E-state index in [1.807, 2.05) is 56.6 Å². The van der Waals surface area contributed by atoms with Gasteiger partial charge in [0.15, 0.2) is 11.6 Å². The van der Waals surface area contributed by atoms with Gasteiger partial charge >= 0.3 is 18.1 Å². The average molecular weight is 1700 g/mol. The Morgan fingerprint density at radius 1 is 0.484 bits per heavy atom. The van der Waals surface area contributed by atoms with E-state index in [1.54, 1.807) is 90.4 Å². The fourth-order valence-electron chi connectivity index (χ4n) is 19.2. The Morgan fingerprint density at radius 2 is 0.927 bits per heavy atom. The number of carbonyl (C=O) groups excluding carboxylic acids is 6. The summed E-state index contributed by atoms with van der Waals surface area (Å²) < 4.78 is 58.2. The molecule has 11 aliphatic heterocycles. The van der Waals surface area contributed by atoms with Gasteiger partial charge in [0.25, 0.3) is 17.7 Å². The number of fused-ring (bicyclic) bond motifs is 9. The summed E-state index contributed by atoms with van der Waals surface area (Å²) in [4.78, 5) is 134. The molecule has 124 heavy (non-hydrogen) atoms. The molecule has 6 N–H and O–H groups in total. The molecule has 8 fully saturated rings. The molecular formula is C87H104N22O15. The van der Waals surface area contributed by atoms with Gasteiger partial charge in [0, 0.05) is 156 Å². The molecule has 0 spiro atoms. The topological polar surface area (TPSA) is 402 Å². The Balaban J connectivity index is 0.548. The van der Waals surface area contributed by atoms with Gasteiger partial charge in [-0.2, -0.15) is 20.1 Å². The lowest BCUT2D eigenvalue weighted by Crippen LogP contribution is -2.52. The molecule has 9 amide bonds. The van der Waals surface area contributed by atoms with Crippen LogP contribution in [0.3, 0.4) is 0 Å². The Kier molecular flexibility index (Phi) is 22.2. The molecule has 8 unspecified atom stereocenters. The van der Waals surface area contributed by atoms with Gasteiger partial charge in [0.2, 0.25) is 35.5 Å². The van der Waals surface area contributed by atoms with E-state index in [4.69, 9.17) is 77.4 Å². The van der Waals surface area contributed by atoms with Crippen LogP contribution in [-0.2, 0) is 37.2 Å². The maximum atomic E-state index is 15.7. The number of amides is 9. The number of nitrogens with zero attached hydrogens (tertiary/aromatic N) is 16. The summed E-state index contributed by atoms with van der Waals surface area (Å²) in [6.45, 7) is 18.2. The van der Waals surface area contributed by atoms with Crippen molar-refractivity contribution in [1.82, 2.24) is 69.8 Å². The molecule has 37 nitrogen and oxygen atoms in total. The number of urea groups is 3. The van der Waals surface area contributed by atoms with Crippen molar-refractivity contribution in [2.75, 3.05) is 140 Å². The van der Waals surface area contributed by atoms with Gasteiger partial charge in [0.05, 0.1) is 73.3 Å². The zero-order valence-electron chi connectivity index (χ0n) is 70.7. The summed E-state index contributed by atoms with van der Waals surface area (Å²) >= 11 is 0. The predicted octanol–water partition coefficient (Wildman–Crippen LogP) is 9.90. The number of morpholine rings is 3. The Bertz CT molecular complexity index is 5360. The first-order chi connectivity index (χ1) is 59.9. The van der Waals surface area contributed by atoms with Crippen LogP contribution in [0.4, 0.5) is 61.1 Å². The van der Waals surface area contributed by atoms with Gasteiger partial charge in [-0.15, -0.1) is 0 Å². The number of hydrogen-bond acceptors (Lipinski definition) is 27. The van der Waals surface area contributed by atoms with Crippen molar-refractivity contribution in [3.05, 3.63) is 107 Å². The average Bonchev–Trinajstić information content (AvgIpc) is 1.59. The quantitative estimate of drug-likeness (QED) is 0.0386. The number of ether oxygens (including phenoxy) is 8. The van der Waals surface area contributed by atoms with Gasteiger partial charge in [-0.05, 0) is 155 Å². The third-order valence-corrected chi connectivity index (χ3v) is 25.2. The molecule has 11 aliphatic rings. The van der Waals surface area contributed by atoms with E-state index in [0.717, 1.165) is 38.5 Å². The number of carbonyl (C=O) groups is 6. The number of pyridine rings is 1. The Morgan fingerprint density at radius 3 is 1.40 bits per heavy atom. The van der Waals surface area contributed by atoms with Crippen LogP contribution in [-0.4, -0.2) is 264 Å². The molecule has 37 heteroatoms. The molecule has 8 saturated heterocycles. The maximum Gasteiger partial charge on any atom is 0.324 e. The number of aryl methyl sites for hydroxylation is 2. The highest BCUT2D eigenvalue weighted by atomic mass is 16.5. The monoisotopic (exact) mass is 1700 g/mol. The SMILES string of the molecule is CCN1CC(C)(C)Oc2nc(N3CC4CCC(C3)O4)nc(-c3ccc(NC(=O)NCCCC4(C)CN(C5CCOCC5)C(=O)c5c(nc(N6CC7CCC(C6)O7)nc5-c5ccc(NC(=O)Nc6cc(CC7(C)CN(C8CCOCC8)C(=O)c8c(nc(N9CC%10CCC(C9)O%10)nc8-c8ccc(NC(=O)Nc9cc(C)on9)cc8)O7)n(C)n6)cc5)O4)nc3)c2C1=O. The lowest BCUT2D eigenvalue weighted by Gasteiger charge is -2.38. The standard InChI is InChI=1S/C87H104N22O15/c1-8-104-46-85(3,4)121-73-67(76(104)110)72(97-81(98-73)107-44-62-23-24-63(45-107)120-62)52-14-25-64(89-39-52)92-82(113)88-31-9-30-86(5)47-108(55-26-32-116-33-27-55)77(111)68-70(95-79(99-74(68)122-86)105-40-58-19-20-59(41-105)118-58)50-10-15-53(16-11-50)90-83(114)93-65-37-57(103(7)101-65)38-87(6)48-109(56-28-34-117-35-29-56)78(112)69-71(96-80(100-75(69)123-87)106-42-60-21-22-61(43-106)119-60)51-12-17-54(18-13-51)91-84(115)94-66-36-49(2)124-102-66/h10-18,25,36-37,39,55-56,58-63H,8-9,19-24,26-35,38,40-48H2,1-7H3,(H2,88,89,92,113)(H2,90,93,101,114)(H2,91,94,102,115). The third-order valence-electron chi connectivity index (χ3n) is 25.2. The van der Waals surface area contributed by atoms with Crippen molar-refractivity contribution in [2.45, 2.75) is 191 Å². The molecule has 8 atom stereocenters. The Labute approximate surface area is 716 Å². The second kappa shape index (κ2) is 33.6. The number of likely N-dealkylation sites (N-methyl/N-ethyl adjacent to an activating group) is 1. The first-order valence-electron chi connectivity index (χ1n) is 43.4. The molecule has 19 rings (SSSR count). The minimum Gasteiger partial charge on any atom is -0.469 e. The largest absolute Gasteiger partial charge is 0.469 e. The predicted molar refractivity (Wildman–Crippen MR) is 454 cm³/mol. The maximum absolute atomic E-state index is 15.7. The highest BCUT2D eigenvalue weighted by Crippen LogP contribution is 2.45. The van der Waals surface area contributed by atoms with Crippen molar-refractivity contribution in [3.8, 4) is 51.4 Å². The van der Waals surface area contributed by atoms with Crippen LogP contribution in [0.5, 0.6) is 17.6 Å². The molecule has 6 aromatic heterocycles. The van der Waals surface area contributed by atoms with Crippen molar-refractivity contribution >= 4 is 82.5 Å². The van der Waals surface area contributed by atoms with E-state index in [9.17, 15) is 19.2 Å². The zero-order chi connectivity index (χ0) is 85.3. The van der Waals surface area contributed by atoms with Gasteiger partial charge in [-0.1, -0.05) is 29.4 Å². The van der Waals surface area contributed by atoms with Crippen molar-refractivity contribution in [3.63, 3.8) is 0 Å². The van der Waals surface area contributed by atoms with Gasteiger partial charge < -0.3 is 87.8 Å². The molecule has 0 saturated carbocycles.